The summed E-state index contributed by atoms with van der Waals surface area (Å²) < 4.78 is 68.1. The van der Waals surface area contributed by atoms with Crippen LogP contribution in [0.2, 0.25) is 5.02 Å². The number of alkyl halides is 3. The molecule has 0 radical (unpaired) electrons. The van der Waals surface area contributed by atoms with Crippen LogP contribution in [0, 0.1) is 5.92 Å². The molecule has 1 N–H and O–H groups in total. The van der Waals surface area contributed by atoms with Crippen LogP contribution in [0.25, 0.3) is 0 Å². The number of sulfonamides is 1. The zero-order valence-electron chi connectivity index (χ0n) is 17.5. The maximum absolute atomic E-state index is 13.1. The zero-order chi connectivity index (χ0) is 24.4. The molecule has 0 unspecified atom stereocenters. The Labute approximate surface area is 194 Å². The number of aliphatic hydroxyl groups is 1. The van der Waals surface area contributed by atoms with Crippen molar-refractivity contribution in [3.05, 3.63) is 53.6 Å². The van der Waals surface area contributed by atoms with Gasteiger partial charge in [-0.2, -0.15) is 4.31 Å². The summed E-state index contributed by atoms with van der Waals surface area (Å²) in [5, 5.41) is 9.91. The summed E-state index contributed by atoms with van der Waals surface area (Å²) in [6.45, 7) is -0.484. The molecular formula is C21H22ClF3N2O5S. The number of carbonyl (C=O) groups excluding carboxylic acids is 1. The number of rotatable bonds is 6. The minimum atomic E-state index is -4.82. The molecule has 7 nitrogen and oxygen atoms in total. The second-order valence-corrected chi connectivity index (χ2v) is 9.81. The van der Waals surface area contributed by atoms with E-state index in [0.717, 1.165) is 16.4 Å². The Morgan fingerprint density at radius 1 is 1.21 bits per heavy atom. The molecule has 2 atom stereocenters. The predicted molar refractivity (Wildman–Crippen MR) is 115 cm³/mol. The minimum Gasteiger partial charge on any atom is -0.406 e. The van der Waals surface area contributed by atoms with Gasteiger partial charge in [0.25, 0.3) is 0 Å². The van der Waals surface area contributed by atoms with Gasteiger partial charge in [0.15, 0.2) is 0 Å². The number of hydrogen-bond acceptors (Lipinski definition) is 5. The molecule has 2 aromatic carbocycles. The van der Waals surface area contributed by atoms with E-state index in [2.05, 4.69) is 4.74 Å². The fourth-order valence-corrected chi connectivity index (χ4v) is 5.93. The number of hydrogen-bond donors (Lipinski definition) is 1. The van der Waals surface area contributed by atoms with Gasteiger partial charge >= 0.3 is 6.36 Å². The van der Waals surface area contributed by atoms with E-state index < -0.39 is 40.7 Å². The molecule has 180 valence electrons. The number of piperidine rings is 1. The number of ether oxygens (including phenoxy) is 1. The van der Waals surface area contributed by atoms with E-state index in [0.29, 0.717) is 5.69 Å². The normalized spacial score (nSPS) is 19.8. The molecule has 3 rings (SSSR count). The van der Waals surface area contributed by atoms with Gasteiger partial charge in [0.05, 0.1) is 11.6 Å². The minimum absolute atomic E-state index is 0.00138. The lowest BCUT2D eigenvalue weighted by molar-refractivity contribution is -0.274. The van der Waals surface area contributed by atoms with Gasteiger partial charge in [-0.3, -0.25) is 4.79 Å². The fourth-order valence-electron chi connectivity index (χ4n) is 3.79. The highest BCUT2D eigenvalue weighted by Gasteiger charge is 2.40. The summed E-state index contributed by atoms with van der Waals surface area (Å²) in [4.78, 5) is 14.2. The summed E-state index contributed by atoms with van der Waals surface area (Å²) in [6, 6.07) is 9.99. The van der Waals surface area contributed by atoms with Crippen LogP contribution in [0.4, 0.5) is 18.9 Å². The number of nitrogens with zero attached hydrogens (tertiary/aromatic N) is 2. The zero-order valence-corrected chi connectivity index (χ0v) is 19.1. The van der Waals surface area contributed by atoms with Crippen molar-refractivity contribution in [1.29, 1.82) is 0 Å². The Balaban J connectivity index is 1.72. The van der Waals surface area contributed by atoms with Crippen LogP contribution in [-0.4, -0.2) is 56.3 Å². The highest BCUT2D eigenvalue weighted by atomic mass is 35.5. The van der Waals surface area contributed by atoms with E-state index in [9.17, 15) is 31.5 Å². The number of aliphatic hydroxyl groups excluding tert-OH is 1. The van der Waals surface area contributed by atoms with Crippen LogP contribution in [-0.2, 0) is 14.8 Å². The van der Waals surface area contributed by atoms with E-state index in [1.165, 1.54) is 36.2 Å². The molecule has 0 saturated carbocycles. The lowest BCUT2D eigenvalue weighted by Crippen LogP contribution is -2.50. The molecule has 1 heterocycles. The quantitative estimate of drug-likeness (QED) is 0.646. The van der Waals surface area contributed by atoms with Gasteiger partial charge in [-0.1, -0.05) is 23.7 Å². The molecule has 0 aliphatic carbocycles. The Bertz CT molecular complexity index is 1100. The lowest BCUT2D eigenvalue weighted by Gasteiger charge is -2.38. The second kappa shape index (κ2) is 9.88. The Morgan fingerprint density at radius 3 is 2.42 bits per heavy atom. The predicted octanol–water partition coefficient (Wildman–Crippen LogP) is 3.66. The highest BCUT2D eigenvalue weighted by molar-refractivity contribution is 7.89. The topological polar surface area (TPSA) is 87.2 Å². The molecule has 1 amide bonds. The van der Waals surface area contributed by atoms with Crippen molar-refractivity contribution in [2.24, 2.45) is 5.92 Å². The molecule has 33 heavy (non-hydrogen) atoms. The molecule has 1 aliphatic rings. The number of halogens is 4. The maximum Gasteiger partial charge on any atom is 0.573 e. The van der Waals surface area contributed by atoms with Crippen LogP contribution in [0.3, 0.4) is 0 Å². The van der Waals surface area contributed by atoms with Crippen molar-refractivity contribution >= 4 is 33.2 Å². The van der Waals surface area contributed by atoms with Gasteiger partial charge in [-0.05, 0) is 49.2 Å². The Hall–Kier alpha value is -2.34. The second-order valence-electron chi connectivity index (χ2n) is 7.54. The molecule has 0 spiro atoms. The number of benzene rings is 2. The largest absolute Gasteiger partial charge is 0.573 e. The third kappa shape index (κ3) is 5.78. The van der Waals surface area contributed by atoms with E-state index in [1.54, 1.807) is 12.1 Å². The first kappa shape index (κ1) is 25.3. The van der Waals surface area contributed by atoms with Gasteiger partial charge in [0.1, 0.15) is 10.6 Å². The number of amides is 1. The van der Waals surface area contributed by atoms with E-state index >= 15 is 0 Å². The Morgan fingerprint density at radius 2 is 1.85 bits per heavy atom. The first-order valence-electron chi connectivity index (χ1n) is 9.94. The monoisotopic (exact) mass is 506 g/mol. The molecule has 0 aromatic heterocycles. The maximum atomic E-state index is 13.1. The van der Waals surface area contributed by atoms with E-state index in [1.807, 2.05) is 0 Å². The molecule has 0 bridgehead atoms. The van der Waals surface area contributed by atoms with Crippen molar-refractivity contribution in [3.63, 3.8) is 0 Å². The van der Waals surface area contributed by atoms with Crippen LogP contribution < -0.4 is 9.64 Å². The van der Waals surface area contributed by atoms with Crippen molar-refractivity contribution in [2.75, 3.05) is 25.1 Å². The summed E-state index contributed by atoms with van der Waals surface area (Å²) >= 11 is 6.05. The highest BCUT2D eigenvalue weighted by Crippen LogP contribution is 2.33. The molecule has 12 heteroatoms. The molecular weight excluding hydrogens is 485 g/mol. The van der Waals surface area contributed by atoms with E-state index in [4.69, 9.17) is 11.6 Å². The average molecular weight is 507 g/mol. The standard InChI is InChI=1S/C21H22ClF3N2O5S/c1-26(15-6-8-17(9-7-15)32-21(23,24)25)20(29)14-10-11-27(16(12-14)13-28)33(30,31)19-5-3-2-4-18(19)22/h2-9,14,16,28H,10-13H2,1H3/t14-,16-/m1/s1. The molecule has 1 saturated heterocycles. The van der Waals surface area contributed by atoms with Crippen LogP contribution in [0.1, 0.15) is 12.8 Å². The van der Waals surface area contributed by atoms with Crippen LogP contribution >= 0.6 is 11.6 Å². The first-order chi connectivity index (χ1) is 15.4. The SMILES string of the molecule is CN(C(=O)[C@@H]1CCN(S(=O)(=O)c2ccccc2Cl)[C@@H](CO)C1)c1ccc(OC(F)(F)F)cc1. The third-order valence-corrected chi connectivity index (χ3v) is 7.88. The fraction of sp³-hybridized carbons (Fsp3) is 0.381. The summed E-state index contributed by atoms with van der Waals surface area (Å²) in [5.41, 5.74) is 0.348. The number of anilines is 1. The van der Waals surface area contributed by atoms with Crippen molar-refractivity contribution in [1.82, 2.24) is 4.31 Å². The van der Waals surface area contributed by atoms with Crippen molar-refractivity contribution in [3.8, 4) is 5.75 Å². The van der Waals surface area contributed by atoms with Gasteiger partial charge in [0.2, 0.25) is 15.9 Å². The van der Waals surface area contributed by atoms with E-state index in [-0.39, 0.29) is 35.2 Å². The summed E-state index contributed by atoms with van der Waals surface area (Å²) in [5.74, 6) is -1.34. The molecule has 1 aliphatic heterocycles. The molecule has 2 aromatic rings. The third-order valence-electron chi connectivity index (χ3n) is 5.43. The van der Waals surface area contributed by atoms with Gasteiger partial charge in [-0.25, -0.2) is 8.42 Å². The smallest absolute Gasteiger partial charge is 0.406 e. The van der Waals surface area contributed by atoms with Gasteiger partial charge < -0.3 is 14.7 Å². The lowest BCUT2D eigenvalue weighted by atomic mass is 9.91. The number of carbonyl (C=O) groups is 1. The first-order valence-corrected chi connectivity index (χ1v) is 11.8. The summed E-state index contributed by atoms with van der Waals surface area (Å²) in [7, 11) is -2.51. The van der Waals surface area contributed by atoms with Crippen molar-refractivity contribution in [2.45, 2.75) is 30.1 Å². The average Bonchev–Trinajstić information content (AvgIpc) is 2.77. The Kier molecular flexibility index (Phi) is 7.57. The van der Waals surface area contributed by atoms with Gasteiger partial charge in [0, 0.05) is 31.2 Å². The molecule has 1 fully saturated rings. The van der Waals surface area contributed by atoms with Gasteiger partial charge in [-0.15, -0.1) is 13.2 Å². The van der Waals surface area contributed by atoms with Crippen molar-refractivity contribution < 1.29 is 36.2 Å². The summed E-state index contributed by atoms with van der Waals surface area (Å²) in [6.07, 6.45) is -4.53. The van der Waals surface area contributed by atoms with Crippen LogP contribution in [0.15, 0.2) is 53.4 Å². The van der Waals surface area contributed by atoms with Crippen LogP contribution in [0.5, 0.6) is 5.75 Å².